The first-order chi connectivity index (χ1) is 18.1. The Hall–Kier alpha value is -3.95. The van der Waals surface area contributed by atoms with Gasteiger partial charge in [0.05, 0.1) is 37.1 Å². The summed E-state index contributed by atoms with van der Waals surface area (Å²) in [4.78, 5) is 46.6. The van der Waals surface area contributed by atoms with Gasteiger partial charge in [0.25, 0.3) is 5.56 Å². The molecule has 0 N–H and O–H groups in total. The second kappa shape index (κ2) is 9.41. The van der Waals surface area contributed by atoms with Crippen molar-refractivity contribution in [3.8, 4) is 11.4 Å². The van der Waals surface area contributed by atoms with Crippen LogP contribution in [0.3, 0.4) is 0 Å². The van der Waals surface area contributed by atoms with Crippen LogP contribution in [0.4, 0.5) is 0 Å². The number of cyclic esters (lactones) is 1. The number of esters is 2. The van der Waals surface area contributed by atoms with Gasteiger partial charge in [-0.15, -0.1) is 0 Å². The van der Waals surface area contributed by atoms with E-state index in [1.807, 2.05) is 24.3 Å². The lowest BCUT2D eigenvalue weighted by Gasteiger charge is -2.35. The summed E-state index contributed by atoms with van der Waals surface area (Å²) < 4.78 is 12.6. The molecule has 196 valence electrons. The third-order valence-corrected chi connectivity index (χ3v) is 10.2. The number of hydrogen-bond acceptors (Lipinski definition) is 7. The maximum Gasteiger partial charge on any atom is 0.355 e. The molecule has 3 aromatic rings. The predicted molar refractivity (Wildman–Crippen MR) is 144 cm³/mol. The summed E-state index contributed by atoms with van der Waals surface area (Å²) in [5.41, 5.74) is 11.7. The number of carbonyl (C=O) groups excluding carboxylic acids is 2. The van der Waals surface area contributed by atoms with Crippen LogP contribution in [0.15, 0.2) is 40.2 Å². The van der Waals surface area contributed by atoms with Crippen molar-refractivity contribution in [2.45, 2.75) is 64.6 Å². The number of nitrogens with zero attached hydrogens (tertiary/aromatic N) is 5. The van der Waals surface area contributed by atoms with Gasteiger partial charge in [0.1, 0.15) is 6.61 Å². The zero-order valence-corrected chi connectivity index (χ0v) is 22.9. The number of ether oxygens (including phenoxy) is 2. The average Bonchev–Trinajstić information content (AvgIpc) is 3.25. The Morgan fingerprint density at radius 1 is 1.29 bits per heavy atom. The van der Waals surface area contributed by atoms with Crippen molar-refractivity contribution in [1.29, 1.82) is 0 Å². The molecule has 10 nitrogen and oxygen atoms in total. The van der Waals surface area contributed by atoms with Crippen LogP contribution in [-0.2, 0) is 44.2 Å². The first-order valence-electron chi connectivity index (χ1n) is 12.7. The Balaban J connectivity index is 1.70. The maximum atomic E-state index is 13.8. The summed E-state index contributed by atoms with van der Waals surface area (Å²) in [5, 5.41) is 4.87. The Morgan fingerprint density at radius 3 is 2.76 bits per heavy atom. The second-order valence-electron chi connectivity index (χ2n) is 10.7. The molecule has 0 aliphatic carbocycles. The fourth-order valence-corrected chi connectivity index (χ4v) is 7.10. The molecule has 2 aromatic heterocycles. The molecule has 0 fully saturated rings. The summed E-state index contributed by atoms with van der Waals surface area (Å²) in [6.45, 7) is 7.55. The Labute approximate surface area is 220 Å². The van der Waals surface area contributed by atoms with E-state index in [4.69, 9.17) is 20.0 Å². The zero-order valence-electron chi connectivity index (χ0n) is 21.9. The molecule has 0 saturated carbocycles. The Bertz CT molecular complexity index is 1610. The van der Waals surface area contributed by atoms with E-state index in [1.165, 1.54) is 6.92 Å². The zero-order chi connectivity index (χ0) is 27.2. The summed E-state index contributed by atoms with van der Waals surface area (Å²) in [6, 6.07) is 10.6. The Kier molecular flexibility index (Phi) is 6.36. The number of benzene rings is 1. The molecule has 2 aliphatic rings. The molecule has 0 radical (unpaired) electrons. The predicted octanol–water partition coefficient (Wildman–Crippen LogP) is 4.75. The molecule has 1 atom stereocenters. The standard InChI is InChI=1S/C27H29N5O5Si/c1-5-27(37-16(2)33)21-12-23-24-19(13-32(23)25(34)20(21)14-36-26(27)35)17(10-11-38(3,4)15-29-31-28)18-8-6-7-9-22(18)30-24/h6-9,12H,5,10-11,13-15H2,1-4H3/t27-/m0/s1. The number of fused-ring (bicyclic) bond motifs is 5. The highest BCUT2D eigenvalue weighted by atomic mass is 28.3. The van der Waals surface area contributed by atoms with Gasteiger partial charge < -0.3 is 14.0 Å². The highest BCUT2D eigenvalue weighted by Crippen LogP contribution is 2.42. The molecule has 5 rings (SSSR count). The highest BCUT2D eigenvalue weighted by Gasteiger charge is 2.50. The van der Waals surface area contributed by atoms with Gasteiger partial charge in [-0.05, 0) is 36.1 Å². The van der Waals surface area contributed by atoms with Crippen LogP contribution < -0.4 is 5.56 Å². The number of rotatable bonds is 7. The van der Waals surface area contributed by atoms with Crippen LogP contribution in [0.25, 0.3) is 32.7 Å². The molecule has 4 heterocycles. The number of pyridine rings is 2. The third kappa shape index (κ3) is 4.08. The van der Waals surface area contributed by atoms with E-state index in [0.29, 0.717) is 35.2 Å². The quantitative estimate of drug-likeness (QED) is 0.111. The number of aryl methyl sites for hydroxylation is 1. The first kappa shape index (κ1) is 25.7. The van der Waals surface area contributed by atoms with E-state index in [1.54, 1.807) is 17.6 Å². The third-order valence-electron chi connectivity index (χ3n) is 7.61. The SMILES string of the molecule is CC[C@@]1(OC(C)=O)C(=O)OCc2c1cc1n(c2=O)Cc2c-1nc1ccccc1c2CC[Si](C)(C)CN=[N+]=[N-]. The molecule has 0 spiro atoms. The van der Waals surface area contributed by atoms with Gasteiger partial charge in [-0.2, -0.15) is 0 Å². The molecular weight excluding hydrogens is 502 g/mol. The van der Waals surface area contributed by atoms with Gasteiger partial charge in [-0.25, -0.2) is 9.78 Å². The summed E-state index contributed by atoms with van der Waals surface area (Å²) in [5.74, 6) is -1.30. The van der Waals surface area contributed by atoms with E-state index in [-0.39, 0.29) is 18.6 Å². The smallest absolute Gasteiger partial charge is 0.355 e. The van der Waals surface area contributed by atoms with Crippen LogP contribution in [0, 0.1) is 0 Å². The fraction of sp³-hybridized carbons (Fsp3) is 0.407. The lowest BCUT2D eigenvalue weighted by Crippen LogP contribution is -2.47. The number of azide groups is 1. The molecule has 1 aromatic carbocycles. The first-order valence-corrected chi connectivity index (χ1v) is 16.1. The minimum Gasteiger partial charge on any atom is -0.457 e. The van der Waals surface area contributed by atoms with E-state index >= 15 is 0 Å². The molecule has 2 aliphatic heterocycles. The van der Waals surface area contributed by atoms with Crippen LogP contribution in [-0.4, -0.2) is 35.7 Å². The van der Waals surface area contributed by atoms with E-state index in [9.17, 15) is 14.4 Å². The van der Waals surface area contributed by atoms with Gasteiger partial charge in [-0.3, -0.25) is 9.59 Å². The Morgan fingerprint density at radius 2 is 2.05 bits per heavy atom. The summed E-state index contributed by atoms with van der Waals surface area (Å²) in [6.07, 6.45) is 1.42. The number of hydrogen-bond donors (Lipinski definition) is 0. The van der Waals surface area contributed by atoms with Gasteiger partial charge in [0, 0.05) is 34.5 Å². The number of carbonyl (C=O) groups is 2. The van der Waals surface area contributed by atoms with Gasteiger partial charge in [0.15, 0.2) is 0 Å². The summed E-state index contributed by atoms with van der Waals surface area (Å²) in [7, 11) is -1.80. The van der Waals surface area contributed by atoms with Gasteiger partial charge in [0.2, 0.25) is 5.60 Å². The monoisotopic (exact) mass is 531 g/mol. The molecule has 11 heteroatoms. The molecule has 0 amide bonds. The number of para-hydroxylation sites is 1. The molecule has 0 saturated heterocycles. The normalized spacial score (nSPS) is 17.7. The van der Waals surface area contributed by atoms with Gasteiger partial charge >= 0.3 is 11.9 Å². The van der Waals surface area contributed by atoms with Gasteiger partial charge in [-0.1, -0.05) is 49.4 Å². The minimum atomic E-state index is -1.80. The average molecular weight is 532 g/mol. The van der Waals surface area contributed by atoms with Crippen molar-refractivity contribution in [1.82, 2.24) is 9.55 Å². The largest absolute Gasteiger partial charge is 0.457 e. The maximum absolute atomic E-state index is 13.8. The van der Waals surface area contributed by atoms with Crippen molar-refractivity contribution in [2.75, 3.05) is 6.17 Å². The van der Waals surface area contributed by atoms with E-state index in [2.05, 4.69) is 23.1 Å². The highest BCUT2D eigenvalue weighted by molar-refractivity contribution is 6.77. The molecule has 38 heavy (non-hydrogen) atoms. The van der Waals surface area contributed by atoms with Crippen molar-refractivity contribution in [3.05, 3.63) is 73.4 Å². The van der Waals surface area contributed by atoms with Crippen molar-refractivity contribution in [2.24, 2.45) is 5.11 Å². The topological polar surface area (TPSA) is 136 Å². The van der Waals surface area contributed by atoms with Crippen molar-refractivity contribution < 1.29 is 19.1 Å². The van der Waals surface area contributed by atoms with Crippen molar-refractivity contribution >= 4 is 30.9 Å². The summed E-state index contributed by atoms with van der Waals surface area (Å²) >= 11 is 0. The molecule has 0 bridgehead atoms. The molecule has 0 unspecified atom stereocenters. The van der Waals surface area contributed by atoms with Crippen molar-refractivity contribution in [3.63, 3.8) is 0 Å². The lowest BCUT2D eigenvalue weighted by atomic mass is 9.85. The van der Waals surface area contributed by atoms with Crippen LogP contribution >= 0.6 is 0 Å². The van der Waals surface area contributed by atoms with E-state index < -0.39 is 25.6 Å². The fourth-order valence-electron chi connectivity index (χ4n) is 5.57. The van der Waals surface area contributed by atoms with Crippen LogP contribution in [0.2, 0.25) is 19.1 Å². The van der Waals surface area contributed by atoms with E-state index in [0.717, 1.165) is 34.5 Å². The number of aromatic nitrogens is 2. The molecular formula is C27H29N5O5Si. The lowest BCUT2D eigenvalue weighted by molar-refractivity contribution is -0.188. The second-order valence-corrected chi connectivity index (χ2v) is 15.8. The minimum absolute atomic E-state index is 0.134. The van der Waals surface area contributed by atoms with Crippen LogP contribution in [0.1, 0.15) is 42.5 Å². The van der Waals surface area contributed by atoms with Crippen LogP contribution in [0.5, 0.6) is 0 Å².